The lowest BCUT2D eigenvalue weighted by Gasteiger charge is -2.53. The summed E-state index contributed by atoms with van der Waals surface area (Å²) in [7, 11) is 1.89. The number of rotatable bonds is 5. The van der Waals surface area contributed by atoms with E-state index in [1.807, 2.05) is 7.11 Å². The minimum absolute atomic E-state index is 0.393. The zero-order valence-corrected chi connectivity index (χ0v) is 14.2. The Labute approximate surface area is 130 Å². The minimum atomic E-state index is 0.393. The van der Waals surface area contributed by atoms with Gasteiger partial charge in [-0.1, -0.05) is 13.3 Å². The summed E-state index contributed by atoms with van der Waals surface area (Å²) in [5, 5.41) is 3.85. The molecule has 21 heavy (non-hydrogen) atoms. The largest absolute Gasteiger partial charge is 0.381 e. The lowest BCUT2D eigenvalue weighted by molar-refractivity contribution is -0.0438. The highest BCUT2D eigenvalue weighted by Crippen LogP contribution is 2.46. The normalized spacial score (nSPS) is 42.1. The molecular weight excluding hydrogens is 260 g/mol. The number of hydrogen-bond acceptors (Lipinski definition) is 3. The molecule has 0 aromatic heterocycles. The van der Waals surface area contributed by atoms with Crippen LogP contribution in [0.4, 0.5) is 0 Å². The molecule has 3 heteroatoms. The topological polar surface area (TPSA) is 24.5 Å². The molecule has 0 aromatic rings. The van der Waals surface area contributed by atoms with E-state index in [1.54, 1.807) is 0 Å². The van der Waals surface area contributed by atoms with Crippen LogP contribution < -0.4 is 5.32 Å². The quantitative estimate of drug-likeness (QED) is 0.843. The van der Waals surface area contributed by atoms with Crippen LogP contribution in [-0.4, -0.2) is 48.8 Å². The fraction of sp³-hybridized carbons (Fsp3) is 1.00. The summed E-state index contributed by atoms with van der Waals surface area (Å²) in [4.78, 5) is 2.91. The van der Waals surface area contributed by atoms with Crippen molar-refractivity contribution in [3.8, 4) is 0 Å². The number of hydrogen-bond donors (Lipinski definition) is 1. The second kappa shape index (κ2) is 6.55. The summed E-state index contributed by atoms with van der Waals surface area (Å²) >= 11 is 0. The zero-order valence-electron chi connectivity index (χ0n) is 14.2. The van der Waals surface area contributed by atoms with Crippen molar-refractivity contribution in [1.29, 1.82) is 0 Å². The van der Waals surface area contributed by atoms with Crippen molar-refractivity contribution in [2.75, 3.05) is 20.2 Å². The predicted molar refractivity (Wildman–Crippen MR) is 87.6 cm³/mol. The van der Waals surface area contributed by atoms with Crippen molar-refractivity contribution < 1.29 is 4.74 Å². The smallest absolute Gasteiger partial charge is 0.0586 e. The van der Waals surface area contributed by atoms with Gasteiger partial charge in [0.15, 0.2) is 0 Å². The fourth-order valence-electron chi connectivity index (χ4n) is 4.77. The SMILES string of the molecule is CCCC1CN(C2CCCC(OC)C2)C(C)(C2CC2)CN1. The molecule has 0 spiro atoms. The molecule has 0 bridgehead atoms. The van der Waals surface area contributed by atoms with Crippen molar-refractivity contribution >= 4 is 0 Å². The highest BCUT2D eigenvalue weighted by Gasteiger charge is 2.50. The standard InChI is InChI=1S/C18H34N2O/c1-4-6-15-12-20(16-7-5-8-17(11-16)21-3)18(2,13-19-15)14-9-10-14/h14-17,19H,4-13H2,1-3H3. The van der Waals surface area contributed by atoms with Crippen molar-refractivity contribution in [1.82, 2.24) is 10.2 Å². The molecule has 1 aliphatic heterocycles. The van der Waals surface area contributed by atoms with Gasteiger partial charge in [-0.25, -0.2) is 0 Å². The third kappa shape index (κ3) is 3.30. The van der Waals surface area contributed by atoms with Gasteiger partial charge in [0.05, 0.1) is 6.10 Å². The molecule has 3 nitrogen and oxygen atoms in total. The molecule has 0 aromatic carbocycles. The van der Waals surface area contributed by atoms with Crippen LogP contribution in [0.25, 0.3) is 0 Å². The number of piperazine rings is 1. The number of methoxy groups -OCH3 is 1. The van der Waals surface area contributed by atoms with E-state index >= 15 is 0 Å². The molecule has 3 aliphatic rings. The molecule has 1 heterocycles. The summed E-state index contributed by atoms with van der Waals surface area (Å²) < 4.78 is 5.69. The molecular formula is C18H34N2O. The lowest BCUT2D eigenvalue weighted by atomic mass is 9.82. The van der Waals surface area contributed by atoms with E-state index in [0.29, 0.717) is 17.7 Å². The van der Waals surface area contributed by atoms with Crippen LogP contribution in [0, 0.1) is 5.92 Å². The van der Waals surface area contributed by atoms with Crippen molar-refractivity contribution in [2.24, 2.45) is 5.92 Å². The maximum Gasteiger partial charge on any atom is 0.0586 e. The Kier molecular flexibility index (Phi) is 4.92. The highest BCUT2D eigenvalue weighted by molar-refractivity contribution is 5.07. The van der Waals surface area contributed by atoms with Crippen LogP contribution >= 0.6 is 0 Å². The van der Waals surface area contributed by atoms with Crippen LogP contribution in [0.2, 0.25) is 0 Å². The third-order valence-electron chi connectivity index (χ3n) is 6.29. The second-order valence-corrected chi connectivity index (χ2v) is 7.83. The Hall–Kier alpha value is -0.120. The molecule has 4 atom stereocenters. The average Bonchev–Trinajstić information content (AvgIpc) is 3.35. The van der Waals surface area contributed by atoms with Gasteiger partial charge < -0.3 is 10.1 Å². The first-order valence-electron chi connectivity index (χ1n) is 9.20. The first kappa shape index (κ1) is 15.8. The van der Waals surface area contributed by atoms with Crippen LogP contribution in [0.5, 0.6) is 0 Å². The van der Waals surface area contributed by atoms with Gasteiger partial charge in [-0.05, 0) is 57.8 Å². The second-order valence-electron chi connectivity index (χ2n) is 7.83. The Morgan fingerprint density at radius 3 is 2.71 bits per heavy atom. The molecule has 1 saturated heterocycles. The summed E-state index contributed by atoms with van der Waals surface area (Å²) in [5.41, 5.74) is 0.393. The molecule has 0 amide bonds. The van der Waals surface area contributed by atoms with E-state index in [-0.39, 0.29) is 0 Å². The predicted octanol–water partition coefficient (Wildman–Crippen LogP) is 3.19. The van der Waals surface area contributed by atoms with Gasteiger partial charge in [0.25, 0.3) is 0 Å². The van der Waals surface area contributed by atoms with Gasteiger partial charge in [0.1, 0.15) is 0 Å². The summed E-state index contributed by atoms with van der Waals surface area (Å²) in [6.45, 7) is 7.27. The zero-order chi connectivity index (χ0) is 14.9. The Morgan fingerprint density at radius 1 is 1.24 bits per heavy atom. The van der Waals surface area contributed by atoms with E-state index in [0.717, 1.165) is 12.0 Å². The van der Waals surface area contributed by atoms with E-state index in [2.05, 4.69) is 24.1 Å². The van der Waals surface area contributed by atoms with Gasteiger partial charge in [-0.2, -0.15) is 0 Å². The van der Waals surface area contributed by atoms with Crippen molar-refractivity contribution in [3.63, 3.8) is 0 Å². The molecule has 2 aliphatic carbocycles. The third-order valence-corrected chi connectivity index (χ3v) is 6.29. The van der Waals surface area contributed by atoms with E-state index < -0.39 is 0 Å². The molecule has 1 N–H and O–H groups in total. The van der Waals surface area contributed by atoms with Gasteiger partial charge in [-0.15, -0.1) is 0 Å². The number of ether oxygens (including phenoxy) is 1. The van der Waals surface area contributed by atoms with Crippen molar-refractivity contribution in [2.45, 2.75) is 88.9 Å². The molecule has 3 fully saturated rings. The molecule has 3 rings (SSSR count). The van der Waals surface area contributed by atoms with Crippen LogP contribution in [-0.2, 0) is 4.74 Å². The number of nitrogens with zero attached hydrogens (tertiary/aromatic N) is 1. The van der Waals surface area contributed by atoms with Crippen molar-refractivity contribution in [3.05, 3.63) is 0 Å². The summed E-state index contributed by atoms with van der Waals surface area (Å²) in [6.07, 6.45) is 11.2. The van der Waals surface area contributed by atoms with Gasteiger partial charge >= 0.3 is 0 Å². The van der Waals surface area contributed by atoms with Crippen LogP contribution in [0.3, 0.4) is 0 Å². The molecule has 0 radical (unpaired) electrons. The van der Waals surface area contributed by atoms with E-state index in [4.69, 9.17) is 4.74 Å². The number of nitrogens with one attached hydrogen (secondary N) is 1. The van der Waals surface area contributed by atoms with E-state index in [9.17, 15) is 0 Å². The first-order chi connectivity index (χ1) is 10.2. The van der Waals surface area contributed by atoms with Gasteiger partial charge in [-0.3, -0.25) is 4.90 Å². The lowest BCUT2D eigenvalue weighted by Crippen LogP contribution is -2.67. The Bertz CT molecular complexity index is 344. The summed E-state index contributed by atoms with van der Waals surface area (Å²) in [5.74, 6) is 0.926. The highest BCUT2D eigenvalue weighted by atomic mass is 16.5. The van der Waals surface area contributed by atoms with Crippen LogP contribution in [0.15, 0.2) is 0 Å². The maximum absolute atomic E-state index is 5.69. The minimum Gasteiger partial charge on any atom is -0.381 e. The van der Waals surface area contributed by atoms with E-state index in [1.165, 1.54) is 64.5 Å². The van der Waals surface area contributed by atoms with Gasteiger partial charge in [0, 0.05) is 37.8 Å². The van der Waals surface area contributed by atoms with Crippen LogP contribution in [0.1, 0.15) is 65.2 Å². The van der Waals surface area contributed by atoms with Gasteiger partial charge in [0.2, 0.25) is 0 Å². The molecule has 122 valence electrons. The Balaban J connectivity index is 1.72. The summed E-state index contributed by atoms with van der Waals surface area (Å²) in [6, 6.07) is 1.44. The average molecular weight is 294 g/mol. The molecule has 2 saturated carbocycles. The maximum atomic E-state index is 5.69. The fourth-order valence-corrected chi connectivity index (χ4v) is 4.77. The first-order valence-corrected chi connectivity index (χ1v) is 9.20. The Morgan fingerprint density at radius 2 is 2.05 bits per heavy atom. The molecule has 4 unspecified atom stereocenters. The monoisotopic (exact) mass is 294 g/mol.